The lowest BCUT2D eigenvalue weighted by Gasteiger charge is -2.18. The molecule has 0 aromatic heterocycles. The van der Waals surface area contributed by atoms with Crippen LogP contribution in [0.15, 0.2) is 60.7 Å². The van der Waals surface area contributed by atoms with E-state index in [0.717, 1.165) is 5.56 Å². The number of alkyl carbamates (subject to hydrolysis) is 1. The molecule has 0 heterocycles. The summed E-state index contributed by atoms with van der Waals surface area (Å²) >= 11 is 0. The predicted molar refractivity (Wildman–Crippen MR) is 114 cm³/mol. The van der Waals surface area contributed by atoms with Crippen molar-refractivity contribution in [2.24, 2.45) is 5.14 Å². The number of carbonyl (C=O) groups is 2. The quantitative estimate of drug-likeness (QED) is 0.400. The second kappa shape index (κ2) is 11.9. The van der Waals surface area contributed by atoms with Gasteiger partial charge < -0.3 is 15.4 Å². The zero-order chi connectivity index (χ0) is 21.8. The number of rotatable bonds is 11. The number of anilines is 1. The maximum Gasteiger partial charge on any atom is 0.408 e. The lowest BCUT2D eigenvalue weighted by atomic mass is 10.1. The van der Waals surface area contributed by atoms with Crippen LogP contribution in [0.3, 0.4) is 0 Å². The molecule has 5 N–H and O–H groups in total. The fraction of sp³-hybridized carbons (Fsp3) is 0.300. The van der Waals surface area contributed by atoms with E-state index >= 15 is 0 Å². The second-order valence-electron chi connectivity index (χ2n) is 6.55. The van der Waals surface area contributed by atoms with E-state index in [4.69, 9.17) is 9.88 Å². The normalized spacial score (nSPS) is 12.0. The highest BCUT2D eigenvalue weighted by atomic mass is 32.2. The summed E-state index contributed by atoms with van der Waals surface area (Å²) in [6.45, 7) is 0.224. The van der Waals surface area contributed by atoms with E-state index in [0.29, 0.717) is 24.9 Å². The summed E-state index contributed by atoms with van der Waals surface area (Å²) in [5.74, 6) is -0.391. The van der Waals surface area contributed by atoms with E-state index in [-0.39, 0.29) is 13.2 Å². The Kier molecular flexibility index (Phi) is 9.26. The minimum atomic E-state index is -3.75. The number of para-hydroxylation sites is 1. The van der Waals surface area contributed by atoms with Gasteiger partial charge in [-0.25, -0.2) is 14.7 Å². The van der Waals surface area contributed by atoms with Gasteiger partial charge in [0, 0.05) is 12.2 Å². The Labute approximate surface area is 176 Å². The molecule has 1 atom stereocenters. The minimum Gasteiger partial charge on any atom is -0.445 e. The summed E-state index contributed by atoms with van der Waals surface area (Å²) < 4.78 is 29.2. The van der Waals surface area contributed by atoms with Crippen molar-refractivity contribution < 1.29 is 22.7 Å². The maximum atomic E-state index is 12.6. The highest BCUT2D eigenvalue weighted by Gasteiger charge is 2.21. The van der Waals surface area contributed by atoms with Crippen LogP contribution in [0.1, 0.15) is 24.8 Å². The zero-order valence-corrected chi connectivity index (χ0v) is 17.2. The summed E-state index contributed by atoms with van der Waals surface area (Å²) in [7, 11) is -3.75. The van der Waals surface area contributed by atoms with Crippen molar-refractivity contribution in [2.75, 3.05) is 11.9 Å². The van der Waals surface area contributed by atoms with Crippen molar-refractivity contribution in [3.8, 4) is 0 Å². The first-order valence-electron chi connectivity index (χ1n) is 9.44. The Morgan fingerprint density at radius 2 is 1.60 bits per heavy atom. The Morgan fingerprint density at radius 3 is 2.23 bits per heavy atom. The maximum absolute atomic E-state index is 12.6. The molecule has 0 aliphatic rings. The molecule has 0 aliphatic heterocycles. The number of benzene rings is 2. The summed E-state index contributed by atoms with van der Waals surface area (Å²) in [6, 6.07) is 17.2. The molecule has 10 heteroatoms. The van der Waals surface area contributed by atoms with Crippen LogP contribution in [-0.2, 0) is 26.3 Å². The molecule has 0 aliphatic carbocycles. The lowest BCUT2D eigenvalue weighted by molar-refractivity contribution is -0.118. The fourth-order valence-electron chi connectivity index (χ4n) is 2.61. The molecule has 30 heavy (non-hydrogen) atoms. The molecular weight excluding hydrogens is 408 g/mol. The number of amides is 2. The summed E-state index contributed by atoms with van der Waals surface area (Å²) in [5.41, 5.74) is 1.43. The number of nitrogens with one attached hydrogen (secondary N) is 3. The number of hydrogen-bond acceptors (Lipinski definition) is 5. The molecular formula is C20H26N4O5S. The molecule has 2 amide bonds. The molecule has 9 nitrogen and oxygen atoms in total. The van der Waals surface area contributed by atoms with Gasteiger partial charge in [-0.15, -0.1) is 0 Å². The SMILES string of the molecule is NS(=O)(=O)NCCCC[C@H](NC(=O)OCc1ccccc1)C(=O)Nc1ccccc1. The monoisotopic (exact) mass is 434 g/mol. The van der Waals surface area contributed by atoms with Gasteiger partial charge in [-0.3, -0.25) is 4.79 Å². The van der Waals surface area contributed by atoms with Gasteiger partial charge in [-0.1, -0.05) is 48.5 Å². The number of unbranched alkanes of at least 4 members (excludes halogenated alkanes) is 1. The third-order valence-electron chi connectivity index (χ3n) is 4.09. The van der Waals surface area contributed by atoms with E-state index in [1.54, 1.807) is 24.3 Å². The molecule has 2 rings (SSSR count). The van der Waals surface area contributed by atoms with Gasteiger partial charge in [-0.05, 0) is 37.0 Å². The van der Waals surface area contributed by atoms with Gasteiger partial charge >= 0.3 is 6.09 Å². The zero-order valence-electron chi connectivity index (χ0n) is 16.4. The van der Waals surface area contributed by atoms with Crippen molar-refractivity contribution in [2.45, 2.75) is 31.9 Å². The van der Waals surface area contributed by atoms with Crippen molar-refractivity contribution in [1.29, 1.82) is 0 Å². The third-order valence-corrected chi connectivity index (χ3v) is 4.69. The van der Waals surface area contributed by atoms with E-state index in [1.165, 1.54) is 0 Å². The average Bonchev–Trinajstić information content (AvgIpc) is 2.72. The van der Waals surface area contributed by atoms with E-state index in [2.05, 4.69) is 15.4 Å². The molecule has 0 spiro atoms. The standard InChI is InChI=1S/C20H26N4O5S/c21-30(27,28)22-14-8-7-13-18(19(25)23-17-11-5-2-6-12-17)24-20(26)29-15-16-9-3-1-4-10-16/h1-6,9-12,18,22H,7-8,13-15H2,(H,23,25)(H,24,26)(H2,21,27,28)/t18-/m0/s1. The molecule has 162 valence electrons. The van der Waals surface area contributed by atoms with Gasteiger partial charge in [0.1, 0.15) is 12.6 Å². The Hall–Kier alpha value is -2.95. The highest BCUT2D eigenvalue weighted by molar-refractivity contribution is 7.87. The van der Waals surface area contributed by atoms with Crippen molar-refractivity contribution in [3.05, 3.63) is 66.2 Å². The average molecular weight is 435 g/mol. The van der Waals surface area contributed by atoms with E-state index < -0.39 is 28.3 Å². The molecule has 0 saturated heterocycles. The van der Waals surface area contributed by atoms with Gasteiger partial charge in [0.2, 0.25) is 5.91 Å². The number of ether oxygens (including phenoxy) is 1. The second-order valence-corrected chi connectivity index (χ2v) is 7.93. The van der Waals surface area contributed by atoms with Gasteiger partial charge in [-0.2, -0.15) is 8.42 Å². The molecule has 0 fully saturated rings. The van der Waals surface area contributed by atoms with E-state index in [1.807, 2.05) is 36.4 Å². The molecule has 2 aromatic rings. The molecule has 0 unspecified atom stereocenters. The summed E-state index contributed by atoms with van der Waals surface area (Å²) in [6.07, 6.45) is 0.515. The number of nitrogens with two attached hydrogens (primary N) is 1. The topological polar surface area (TPSA) is 140 Å². The molecule has 0 saturated carbocycles. The van der Waals surface area contributed by atoms with Crippen LogP contribution in [0.25, 0.3) is 0 Å². The predicted octanol–water partition coefficient (Wildman–Crippen LogP) is 1.88. The highest BCUT2D eigenvalue weighted by Crippen LogP contribution is 2.09. The van der Waals surface area contributed by atoms with Gasteiger partial charge in [0.15, 0.2) is 0 Å². The molecule has 0 radical (unpaired) electrons. The number of hydrogen-bond donors (Lipinski definition) is 4. The minimum absolute atomic E-state index is 0.0813. The van der Waals surface area contributed by atoms with Crippen molar-refractivity contribution in [3.63, 3.8) is 0 Å². The lowest BCUT2D eigenvalue weighted by Crippen LogP contribution is -2.44. The first kappa shape index (κ1) is 23.3. The van der Waals surface area contributed by atoms with Crippen LogP contribution >= 0.6 is 0 Å². The largest absolute Gasteiger partial charge is 0.445 e. The first-order chi connectivity index (χ1) is 14.3. The smallest absolute Gasteiger partial charge is 0.408 e. The van der Waals surface area contributed by atoms with Crippen LogP contribution < -0.4 is 20.5 Å². The van der Waals surface area contributed by atoms with Gasteiger partial charge in [0.05, 0.1) is 0 Å². The molecule has 0 bridgehead atoms. The first-order valence-corrected chi connectivity index (χ1v) is 11.0. The Morgan fingerprint density at radius 1 is 0.967 bits per heavy atom. The van der Waals surface area contributed by atoms with Crippen molar-refractivity contribution in [1.82, 2.24) is 10.0 Å². The summed E-state index contributed by atoms with van der Waals surface area (Å²) in [5, 5.41) is 10.2. The summed E-state index contributed by atoms with van der Waals surface area (Å²) in [4.78, 5) is 24.8. The Bertz CT molecular complexity index is 907. The Balaban J connectivity index is 1.89. The molecule has 2 aromatic carbocycles. The van der Waals surface area contributed by atoms with Crippen LogP contribution in [0.2, 0.25) is 0 Å². The van der Waals surface area contributed by atoms with E-state index in [9.17, 15) is 18.0 Å². The van der Waals surface area contributed by atoms with Gasteiger partial charge in [0.25, 0.3) is 10.2 Å². The number of carbonyl (C=O) groups excluding carboxylic acids is 2. The van der Waals surface area contributed by atoms with Crippen molar-refractivity contribution >= 4 is 27.9 Å². The van der Waals surface area contributed by atoms with Crippen LogP contribution in [0.4, 0.5) is 10.5 Å². The van der Waals surface area contributed by atoms with Crippen LogP contribution in [0.5, 0.6) is 0 Å². The fourth-order valence-corrected chi connectivity index (χ4v) is 3.04. The van der Waals surface area contributed by atoms with Crippen LogP contribution in [0, 0.1) is 0 Å². The third kappa shape index (κ3) is 9.50. The van der Waals surface area contributed by atoms with Crippen LogP contribution in [-0.4, -0.2) is 33.0 Å².